The van der Waals surface area contributed by atoms with E-state index in [4.69, 9.17) is 0 Å². The summed E-state index contributed by atoms with van der Waals surface area (Å²) in [4.78, 5) is 27.5. The zero-order valence-corrected chi connectivity index (χ0v) is 13.2. The minimum atomic E-state index is -0.576. The fraction of sp³-hybridized carbons (Fsp3) is 0.667. The molecule has 2 fully saturated rings. The monoisotopic (exact) mass is 321 g/mol. The van der Waals surface area contributed by atoms with Crippen LogP contribution in [0.5, 0.6) is 0 Å². The second kappa shape index (κ2) is 6.67. The van der Waals surface area contributed by atoms with Crippen LogP contribution in [0.2, 0.25) is 0 Å². The van der Waals surface area contributed by atoms with E-state index in [1.807, 2.05) is 4.90 Å². The lowest BCUT2D eigenvalue weighted by molar-refractivity contribution is -0.130. The van der Waals surface area contributed by atoms with Gasteiger partial charge in [-0.2, -0.15) is 5.10 Å². The topological polar surface area (TPSA) is 102 Å². The van der Waals surface area contributed by atoms with Crippen LogP contribution in [-0.2, 0) is 4.79 Å². The number of amides is 2. The molecule has 1 aromatic rings. The van der Waals surface area contributed by atoms with Crippen LogP contribution in [0, 0.1) is 0 Å². The Bertz CT molecular complexity index is 553. The van der Waals surface area contributed by atoms with Crippen molar-refractivity contribution >= 4 is 11.8 Å². The number of piperidine rings is 1. The predicted molar refractivity (Wildman–Crippen MR) is 82.7 cm³/mol. The van der Waals surface area contributed by atoms with E-state index in [0.717, 1.165) is 25.9 Å². The molecular formula is C15H23N5O3. The van der Waals surface area contributed by atoms with E-state index < -0.39 is 6.10 Å². The Morgan fingerprint density at radius 1 is 1.35 bits per heavy atom. The van der Waals surface area contributed by atoms with Crippen LogP contribution in [0.15, 0.2) is 12.3 Å². The van der Waals surface area contributed by atoms with E-state index in [1.54, 1.807) is 13.0 Å². The number of aromatic nitrogens is 2. The first-order valence-corrected chi connectivity index (χ1v) is 8.02. The number of aliphatic hydroxyl groups is 1. The van der Waals surface area contributed by atoms with Crippen molar-refractivity contribution in [3.63, 3.8) is 0 Å². The summed E-state index contributed by atoms with van der Waals surface area (Å²) in [6.07, 6.45) is 2.77. The molecule has 0 aromatic carbocycles. The highest BCUT2D eigenvalue weighted by atomic mass is 16.3. The Balaban J connectivity index is 1.52. The highest BCUT2D eigenvalue weighted by Crippen LogP contribution is 2.22. The van der Waals surface area contributed by atoms with Gasteiger partial charge in [-0.15, -0.1) is 0 Å². The molecule has 3 rings (SSSR count). The number of hydrogen-bond donors (Lipinski definition) is 3. The molecule has 0 unspecified atom stereocenters. The van der Waals surface area contributed by atoms with Crippen molar-refractivity contribution in [2.24, 2.45) is 0 Å². The molecule has 0 aliphatic carbocycles. The van der Waals surface area contributed by atoms with Gasteiger partial charge in [0.2, 0.25) is 5.91 Å². The number of rotatable bonds is 3. The van der Waals surface area contributed by atoms with E-state index in [2.05, 4.69) is 20.4 Å². The summed E-state index contributed by atoms with van der Waals surface area (Å²) >= 11 is 0. The largest absolute Gasteiger partial charge is 0.390 e. The molecule has 1 aromatic heterocycles. The van der Waals surface area contributed by atoms with Gasteiger partial charge in [0.05, 0.1) is 12.1 Å². The SMILES string of the molecule is CC(=O)N1CCC(N2C[C@@H](O)[C@H](NC(=O)c3ccn[nH]3)C2)CC1. The third kappa shape index (κ3) is 3.53. The van der Waals surface area contributed by atoms with E-state index in [-0.39, 0.29) is 17.9 Å². The van der Waals surface area contributed by atoms with Crippen molar-refractivity contribution in [2.45, 2.75) is 38.0 Å². The molecule has 2 aliphatic rings. The lowest BCUT2D eigenvalue weighted by Crippen LogP contribution is -2.46. The summed E-state index contributed by atoms with van der Waals surface area (Å²) < 4.78 is 0. The van der Waals surface area contributed by atoms with E-state index in [9.17, 15) is 14.7 Å². The third-order valence-corrected chi connectivity index (χ3v) is 4.81. The average molecular weight is 321 g/mol. The molecule has 2 aliphatic heterocycles. The van der Waals surface area contributed by atoms with Gasteiger partial charge in [0.15, 0.2) is 0 Å². The number of hydrogen-bond acceptors (Lipinski definition) is 5. The number of aliphatic hydroxyl groups excluding tert-OH is 1. The maximum Gasteiger partial charge on any atom is 0.269 e. The highest BCUT2D eigenvalue weighted by molar-refractivity contribution is 5.92. The molecule has 23 heavy (non-hydrogen) atoms. The molecule has 0 spiro atoms. The zero-order valence-electron chi connectivity index (χ0n) is 13.2. The number of likely N-dealkylation sites (tertiary alicyclic amines) is 2. The van der Waals surface area contributed by atoms with Crippen LogP contribution in [0.4, 0.5) is 0 Å². The molecular weight excluding hydrogens is 298 g/mol. The van der Waals surface area contributed by atoms with Crippen molar-refractivity contribution in [1.29, 1.82) is 0 Å². The summed E-state index contributed by atoms with van der Waals surface area (Å²) in [7, 11) is 0. The number of carbonyl (C=O) groups is 2. The summed E-state index contributed by atoms with van der Waals surface area (Å²) in [5.74, 6) is -0.130. The van der Waals surface area contributed by atoms with E-state index >= 15 is 0 Å². The second-order valence-electron chi connectivity index (χ2n) is 6.31. The smallest absolute Gasteiger partial charge is 0.269 e. The molecule has 2 saturated heterocycles. The van der Waals surface area contributed by atoms with Crippen LogP contribution in [0.25, 0.3) is 0 Å². The van der Waals surface area contributed by atoms with Crippen LogP contribution in [-0.4, -0.2) is 81.3 Å². The highest BCUT2D eigenvalue weighted by Gasteiger charge is 2.37. The van der Waals surface area contributed by atoms with Crippen molar-refractivity contribution in [1.82, 2.24) is 25.3 Å². The van der Waals surface area contributed by atoms with Crippen LogP contribution >= 0.6 is 0 Å². The summed E-state index contributed by atoms with van der Waals surface area (Å²) in [6, 6.07) is 1.68. The number of aromatic amines is 1. The number of nitrogens with zero attached hydrogens (tertiary/aromatic N) is 3. The molecule has 2 amide bonds. The normalized spacial score (nSPS) is 26.4. The molecule has 2 atom stereocenters. The van der Waals surface area contributed by atoms with Crippen molar-refractivity contribution < 1.29 is 14.7 Å². The molecule has 8 nitrogen and oxygen atoms in total. The third-order valence-electron chi connectivity index (χ3n) is 4.81. The Labute approximate surface area is 134 Å². The fourth-order valence-electron chi connectivity index (χ4n) is 3.43. The minimum absolute atomic E-state index is 0.120. The molecule has 8 heteroatoms. The van der Waals surface area contributed by atoms with Crippen LogP contribution in [0.1, 0.15) is 30.3 Å². The zero-order chi connectivity index (χ0) is 16.4. The van der Waals surface area contributed by atoms with Gasteiger partial charge in [-0.3, -0.25) is 19.6 Å². The predicted octanol–water partition coefficient (Wildman–Crippen LogP) is -0.804. The lowest BCUT2D eigenvalue weighted by atomic mass is 10.0. The molecule has 0 bridgehead atoms. The first-order valence-electron chi connectivity index (χ1n) is 8.02. The van der Waals surface area contributed by atoms with Crippen molar-refractivity contribution in [2.75, 3.05) is 26.2 Å². The van der Waals surface area contributed by atoms with Crippen molar-refractivity contribution in [3.8, 4) is 0 Å². The van der Waals surface area contributed by atoms with E-state index in [0.29, 0.717) is 24.8 Å². The summed E-state index contributed by atoms with van der Waals surface area (Å²) in [5.41, 5.74) is 0.394. The minimum Gasteiger partial charge on any atom is -0.390 e. The van der Waals surface area contributed by atoms with Crippen LogP contribution in [0.3, 0.4) is 0 Å². The lowest BCUT2D eigenvalue weighted by Gasteiger charge is -2.36. The first kappa shape index (κ1) is 15.9. The molecule has 0 radical (unpaired) electrons. The quantitative estimate of drug-likeness (QED) is 0.676. The van der Waals surface area contributed by atoms with E-state index in [1.165, 1.54) is 6.20 Å². The molecule has 126 valence electrons. The number of β-amino-alcohol motifs (C(OH)–C–C–N with tert-alkyl or cyclic N) is 1. The Morgan fingerprint density at radius 2 is 2.09 bits per heavy atom. The van der Waals surface area contributed by atoms with Gasteiger partial charge in [0.1, 0.15) is 5.69 Å². The average Bonchev–Trinajstić information content (AvgIpc) is 3.18. The number of carbonyl (C=O) groups excluding carboxylic acids is 2. The first-order chi connectivity index (χ1) is 11.0. The molecule has 3 N–H and O–H groups in total. The Hall–Kier alpha value is -1.93. The van der Waals surface area contributed by atoms with Gasteiger partial charge in [-0.05, 0) is 18.9 Å². The fourth-order valence-corrected chi connectivity index (χ4v) is 3.43. The standard InChI is InChI=1S/C15H23N5O3/c1-10(21)19-6-3-11(4-7-19)20-8-13(14(22)9-20)17-15(23)12-2-5-16-18-12/h2,5,11,13-14,22H,3-4,6-9H2,1H3,(H,16,18)(H,17,23)/t13-,14-/m1/s1. The summed E-state index contributed by atoms with van der Waals surface area (Å²) in [5, 5.41) is 19.5. The van der Waals surface area contributed by atoms with Crippen LogP contribution < -0.4 is 5.32 Å². The second-order valence-corrected chi connectivity index (χ2v) is 6.31. The van der Waals surface area contributed by atoms with Gasteiger partial charge in [0.25, 0.3) is 5.91 Å². The van der Waals surface area contributed by atoms with Gasteiger partial charge in [-0.25, -0.2) is 0 Å². The molecule has 0 saturated carbocycles. The van der Waals surface area contributed by atoms with Gasteiger partial charge >= 0.3 is 0 Å². The maximum absolute atomic E-state index is 12.1. The van der Waals surface area contributed by atoms with Gasteiger partial charge < -0.3 is 15.3 Å². The van der Waals surface area contributed by atoms with Gasteiger partial charge in [0, 0.05) is 45.3 Å². The van der Waals surface area contributed by atoms with Crippen molar-refractivity contribution in [3.05, 3.63) is 18.0 Å². The Kier molecular flexibility index (Phi) is 4.63. The summed E-state index contributed by atoms with van der Waals surface area (Å²) in [6.45, 7) is 4.31. The van der Waals surface area contributed by atoms with Gasteiger partial charge in [-0.1, -0.05) is 0 Å². The maximum atomic E-state index is 12.1. The molecule has 3 heterocycles. The number of nitrogens with one attached hydrogen (secondary N) is 2. The Morgan fingerprint density at radius 3 is 2.70 bits per heavy atom. The number of H-pyrrole nitrogens is 1.